The van der Waals surface area contributed by atoms with Crippen molar-refractivity contribution < 1.29 is 13.9 Å². The van der Waals surface area contributed by atoms with Crippen LogP contribution in [-0.4, -0.2) is 14.2 Å². The number of hydrogen-bond donors (Lipinski definition) is 1. The van der Waals surface area contributed by atoms with Crippen molar-refractivity contribution in [3.63, 3.8) is 0 Å². The molecule has 0 aliphatic carbocycles. The number of ether oxygens (including phenoxy) is 2. The Morgan fingerprint density at radius 3 is 2.36 bits per heavy atom. The summed E-state index contributed by atoms with van der Waals surface area (Å²) < 4.78 is 23.2. The molecule has 0 unspecified atom stereocenters. The van der Waals surface area contributed by atoms with Crippen molar-refractivity contribution in [2.24, 2.45) is 5.11 Å². The average Bonchev–Trinajstić information content (AvgIpc) is 2.20. The maximum atomic E-state index is 13.3. The number of benzene rings is 1. The third kappa shape index (κ3) is 1.99. The van der Waals surface area contributed by atoms with Crippen molar-refractivity contribution in [1.82, 2.24) is 0 Å². The van der Waals surface area contributed by atoms with Gasteiger partial charge in [-0.3, -0.25) is 0 Å². The predicted molar refractivity (Wildman–Crippen MR) is 48.4 cm³/mol. The van der Waals surface area contributed by atoms with Gasteiger partial charge >= 0.3 is 0 Å². The molecule has 0 spiro atoms. The fourth-order valence-electron chi connectivity index (χ4n) is 1.10. The van der Waals surface area contributed by atoms with Gasteiger partial charge in [-0.2, -0.15) is 5.11 Å². The maximum Gasteiger partial charge on any atom is 0.163 e. The van der Waals surface area contributed by atoms with Crippen molar-refractivity contribution in [2.45, 2.75) is 6.54 Å². The fourth-order valence-corrected chi connectivity index (χ4v) is 1.10. The molecule has 0 saturated carbocycles. The van der Waals surface area contributed by atoms with Gasteiger partial charge in [0.25, 0.3) is 0 Å². The lowest BCUT2D eigenvalue weighted by Gasteiger charge is -2.09. The summed E-state index contributed by atoms with van der Waals surface area (Å²) in [7, 11) is 2.91. The molecule has 0 radical (unpaired) electrons. The van der Waals surface area contributed by atoms with E-state index in [1.54, 1.807) is 0 Å². The van der Waals surface area contributed by atoms with E-state index in [4.69, 9.17) is 15.0 Å². The second kappa shape index (κ2) is 4.55. The van der Waals surface area contributed by atoms with E-state index < -0.39 is 5.82 Å². The minimum atomic E-state index is -0.446. The topological polar surface area (TPSA) is 54.7 Å². The van der Waals surface area contributed by atoms with Crippen LogP contribution in [0.25, 0.3) is 0 Å². The SMILES string of the molecule is COc1cc(F)c(CN=N)cc1OC. The van der Waals surface area contributed by atoms with Crippen molar-refractivity contribution in [3.8, 4) is 11.5 Å². The molecule has 1 aromatic rings. The monoisotopic (exact) mass is 198 g/mol. The van der Waals surface area contributed by atoms with E-state index in [0.29, 0.717) is 17.1 Å². The Morgan fingerprint density at radius 1 is 1.29 bits per heavy atom. The van der Waals surface area contributed by atoms with E-state index in [2.05, 4.69) is 5.11 Å². The first kappa shape index (κ1) is 10.4. The van der Waals surface area contributed by atoms with Crippen LogP contribution in [0.3, 0.4) is 0 Å². The third-order valence-corrected chi connectivity index (χ3v) is 1.80. The second-order valence-electron chi connectivity index (χ2n) is 2.61. The molecule has 0 amide bonds. The highest BCUT2D eigenvalue weighted by molar-refractivity contribution is 5.43. The summed E-state index contributed by atoms with van der Waals surface area (Å²) in [5.41, 5.74) is 6.97. The highest BCUT2D eigenvalue weighted by Gasteiger charge is 2.10. The molecule has 0 aliphatic heterocycles. The Morgan fingerprint density at radius 2 is 1.86 bits per heavy atom. The van der Waals surface area contributed by atoms with Crippen LogP contribution in [0.5, 0.6) is 11.5 Å². The zero-order chi connectivity index (χ0) is 10.6. The minimum absolute atomic E-state index is 0.00614. The molecular formula is C9H11FN2O2. The Hall–Kier alpha value is -1.65. The van der Waals surface area contributed by atoms with E-state index in [1.165, 1.54) is 26.4 Å². The minimum Gasteiger partial charge on any atom is -0.493 e. The van der Waals surface area contributed by atoms with Crippen LogP contribution in [0.15, 0.2) is 17.2 Å². The van der Waals surface area contributed by atoms with Gasteiger partial charge in [0.15, 0.2) is 11.5 Å². The molecule has 0 aliphatic rings. The standard InChI is InChI=1S/C9H11FN2O2/c1-13-8-3-6(5-12-11)7(10)4-9(8)14-2/h3-4,11H,5H2,1-2H3. The summed E-state index contributed by atoms with van der Waals surface area (Å²) in [5.74, 6) is 0.324. The maximum absolute atomic E-state index is 13.3. The van der Waals surface area contributed by atoms with Gasteiger partial charge < -0.3 is 9.47 Å². The molecule has 14 heavy (non-hydrogen) atoms. The number of methoxy groups -OCH3 is 2. The van der Waals surface area contributed by atoms with E-state index >= 15 is 0 Å². The lowest BCUT2D eigenvalue weighted by atomic mass is 10.2. The van der Waals surface area contributed by atoms with Gasteiger partial charge in [-0.1, -0.05) is 0 Å². The van der Waals surface area contributed by atoms with E-state index in [1.807, 2.05) is 0 Å². The fraction of sp³-hybridized carbons (Fsp3) is 0.333. The number of halogens is 1. The lowest BCUT2D eigenvalue weighted by molar-refractivity contribution is 0.351. The van der Waals surface area contributed by atoms with Crippen molar-refractivity contribution in [2.75, 3.05) is 14.2 Å². The largest absolute Gasteiger partial charge is 0.493 e. The zero-order valence-corrected chi connectivity index (χ0v) is 8.00. The third-order valence-electron chi connectivity index (χ3n) is 1.80. The van der Waals surface area contributed by atoms with E-state index in [-0.39, 0.29) is 6.54 Å². The summed E-state index contributed by atoms with van der Waals surface area (Å²) >= 11 is 0. The van der Waals surface area contributed by atoms with Gasteiger partial charge in [-0.15, -0.1) is 0 Å². The molecule has 0 aromatic heterocycles. The van der Waals surface area contributed by atoms with E-state index in [0.717, 1.165) is 0 Å². The van der Waals surface area contributed by atoms with Gasteiger partial charge in [0, 0.05) is 11.6 Å². The number of rotatable bonds is 4. The van der Waals surface area contributed by atoms with Crippen LogP contribution in [0, 0.1) is 11.3 Å². The first-order chi connectivity index (χ1) is 6.72. The Balaban J connectivity index is 3.15. The molecule has 4 nitrogen and oxygen atoms in total. The smallest absolute Gasteiger partial charge is 0.163 e. The van der Waals surface area contributed by atoms with Crippen molar-refractivity contribution in [1.29, 1.82) is 5.53 Å². The molecule has 0 bridgehead atoms. The van der Waals surface area contributed by atoms with Gasteiger partial charge in [-0.25, -0.2) is 9.92 Å². The summed E-state index contributed by atoms with van der Waals surface area (Å²) in [5, 5.41) is 3.11. The molecule has 0 heterocycles. The molecule has 0 atom stereocenters. The van der Waals surface area contributed by atoms with Crippen LogP contribution < -0.4 is 9.47 Å². The van der Waals surface area contributed by atoms with Crippen LogP contribution in [0.1, 0.15) is 5.56 Å². The molecule has 0 saturated heterocycles. The van der Waals surface area contributed by atoms with Crippen LogP contribution >= 0.6 is 0 Å². The molecule has 1 N–H and O–H groups in total. The van der Waals surface area contributed by atoms with Gasteiger partial charge in [-0.05, 0) is 6.07 Å². The second-order valence-corrected chi connectivity index (χ2v) is 2.61. The first-order valence-corrected chi connectivity index (χ1v) is 3.96. The predicted octanol–water partition coefficient (Wildman–Crippen LogP) is 2.37. The number of hydrogen-bond acceptors (Lipinski definition) is 4. The average molecular weight is 198 g/mol. The quantitative estimate of drug-likeness (QED) is 0.755. The normalized spacial score (nSPS) is 9.64. The van der Waals surface area contributed by atoms with Crippen LogP contribution in [-0.2, 0) is 6.54 Å². The first-order valence-electron chi connectivity index (χ1n) is 3.96. The molecule has 1 aromatic carbocycles. The van der Waals surface area contributed by atoms with E-state index in [9.17, 15) is 4.39 Å². The zero-order valence-electron chi connectivity index (χ0n) is 8.00. The van der Waals surface area contributed by atoms with Gasteiger partial charge in [0.1, 0.15) is 5.82 Å². The van der Waals surface area contributed by atoms with Gasteiger partial charge in [0.2, 0.25) is 0 Å². The summed E-state index contributed by atoms with van der Waals surface area (Å²) in [6, 6.07) is 2.70. The van der Waals surface area contributed by atoms with Crippen LogP contribution in [0.4, 0.5) is 4.39 Å². The summed E-state index contributed by atoms with van der Waals surface area (Å²) in [4.78, 5) is 0. The van der Waals surface area contributed by atoms with Crippen LogP contribution in [0.2, 0.25) is 0 Å². The Labute approximate surface area is 81.2 Å². The summed E-state index contributed by atoms with van der Waals surface area (Å²) in [6.45, 7) is 0.00614. The molecule has 5 heteroatoms. The van der Waals surface area contributed by atoms with Crippen molar-refractivity contribution in [3.05, 3.63) is 23.5 Å². The van der Waals surface area contributed by atoms with Gasteiger partial charge in [0.05, 0.1) is 20.8 Å². The molecule has 0 fully saturated rings. The molecule has 1 rings (SSSR count). The molecular weight excluding hydrogens is 187 g/mol. The highest BCUT2D eigenvalue weighted by Crippen LogP contribution is 2.29. The highest BCUT2D eigenvalue weighted by atomic mass is 19.1. The van der Waals surface area contributed by atoms with Crippen molar-refractivity contribution >= 4 is 0 Å². The number of nitrogens with one attached hydrogen (secondary N) is 1. The molecule has 76 valence electrons. The Bertz CT molecular complexity index is 342. The summed E-state index contributed by atoms with van der Waals surface area (Å²) in [6.07, 6.45) is 0. The Kier molecular flexibility index (Phi) is 3.39. The number of nitrogens with zero attached hydrogens (tertiary/aromatic N) is 1. The lowest BCUT2D eigenvalue weighted by Crippen LogP contribution is -1.95.